The van der Waals surface area contributed by atoms with Crippen molar-refractivity contribution in [3.05, 3.63) is 21.9 Å². The molecule has 0 aliphatic carbocycles. The van der Waals surface area contributed by atoms with Crippen LogP contribution in [-0.4, -0.2) is 26.0 Å². The molecule has 4 heteroatoms. The lowest BCUT2D eigenvalue weighted by atomic mass is 10.4. The molecule has 0 saturated carbocycles. The molecule has 0 fully saturated rings. The quantitative estimate of drug-likeness (QED) is 0.632. The highest BCUT2D eigenvalue weighted by Crippen LogP contribution is 2.20. The molecular weight excluding hydrogens is 226 g/mol. The van der Waals surface area contributed by atoms with Gasteiger partial charge in [0.15, 0.2) is 0 Å². The Morgan fingerprint density at radius 2 is 2.40 bits per heavy atom. The molecule has 0 aliphatic heterocycles. The third-order valence-electron chi connectivity index (χ3n) is 1.65. The Bertz CT molecular complexity index is 338. The van der Waals surface area contributed by atoms with Crippen LogP contribution in [0.3, 0.4) is 0 Å². The van der Waals surface area contributed by atoms with Crippen LogP contribution < -0.4 is 5.73 Å². The summed E-state index contributed by atoms with van der Waals surface area (Å²) in [6.45, 7) is 1.24. The average molecular weight is 241 g/mol. The van der Waals surface area contributed by atoms with E-state index in [1.54, 1.807) is 18.4 Å². The van der Waals surface area contributed by atoms with Gasteiger partial charge in [-0.25, -0.2) is 0 Å². The Hall–Kier alpha value is -0.470. The summed E-state index contributed by atoms with van der Waals surface area (Å²) in [7, 11) is 1.73. The number of nitrogens with two attached hydrogens (primary N) is 1. The Balaban J connectivity index is 2.33. The van der Waals surface area contributed by atoms with Gasteiger partial charge in [-0.15, -0.1) is 11.3 Å². The van der Waals surface area contributed by atoms with Crippen molar-refractivity contribution >= 4 is 23.1 Å². The van der Waals surface area contributed by atoms with Crippen molar-refractivity contribution in [1.82, 2.24) is 0 Å². The van der Waals surface area contributed by atoms with E-state index in [1.807, 2.05) is 11.8 Å². The first-order valence-electron chi connectivity index (χ1n) is 4.71. The molecule has 1 heterocycles. The lowest BCUT2D eigenvalue weighted by Crippen LogP contribution is -1.92. The first-order valence-corrected chi connectivity index (χ1v) is 6.68. The maximum atomic E-state index is 5.31. The van der Waals surface area contributed by atoms with Crippen molar-refractivity contribution in [2.75, 3.05) is 26.0 Å². The zero-order valence-corrected chi connectivity index (χ0v) is 10.4. The second kappa shape index (κ2) is 7.77. The van der Waals surface area contributed by atoms with Gasteiger partial charge in [0, 0.05) is 23.5 Å². The summed E-state index contributed by atoms with van der Waals surface area (Å²) in [5, 5.41) is 0. The molecule has 2 N–H and O–H groups in total. The predicted molar refractivity (Wildman–Crippen MR) is 68.3 cm³/mol. The zero-order chi connectivity index (χ0) is 10.9. The molecular formula is C11H15NOS2. The summed E-state index contributed by atoms with van der Waals surface area (Å²) in [5.41, 5.74) is 5.31. The predicted octanol–water partition coefficient (Wildman–Crippen LogP) is 1.94. The number of hydrogen-bond donors (Lipinski definition) is 1. The average Bonchev–Trinajstić information content (AvgIpc) is 2.69. The van der Waals surface area contributed by atoms with Gasteiger partial charge < -0.3 is 10.5 Å². The van der Waals surface area contributed by atoms with E-state index in [1.165, 1.54) is 4.88 Å². The van der Waals surface area contributed by atoms with Crippen LogP contribution in [-0.2, 0) is 10.5 Å². The van der Waals surface area contributed by atoms with Crippen LogP contribution in [0.2, 0.25) is 0 Å². The van der Waals surface area contributed by atoms with Gasteiger partial charge in [-0.05, 0) is 12.1 Å². The number of hydrogen-bond acceptors (Lipinski definition) is 4. The molecule has 82 valence electrons. The molecule has 0 spiro atoms. The first-order chi connectivity index (χ1) is 7.36. The van der Waals surface area contributed by atoms with Crippen molar-refractivity contribution in [1.29, 1.82) is 0 Å². The second-order valence-electron chi connectivity index (χ2n) is 2.82. The summed E-state index contributed by atoms with van der Waals surface area (Å²) < 4.78 is 4.98. The van der Waals surface area contributed by atoms with Crippen LogP contribution in [0.4, 0.5) is 0 Å². The number of rotatable bonds is 5. The number of methoxy groups -OCH3 is 1. The molecule has 1 rings (SSSR count). The lowest BCUT2D eigenvalue weighted by Gasteiger charge is -1.97. The first kappa shape index (κ1) is 12.6. The normalized spacial score (nSPS) is 9.73. The molecule has 0 saturated heterocycles. The molecule has 0 bridgehead atoms. The van der Waals surface area contributed by atoms with Crippen LogP contribution in [0.25, 0.3) is 0 Å². The van der Waals surface area contributed by atoms with Gasteiger partial charge in [0.25, 0.3) is 0 Å². The maximum Gasteiger partial charge on any atom is 0.0772 e. The maximum absolute atomic E-state index is 5.31. The molecule has 1 aromatic heterocycles. The fraction of sp³-hybridized carbons (Fsp3) is 0.455. The Morgan fingerprint density at radius 3 is 3.13 bits per heavy atom. The summed E-state index contributed by atoms with van der Waals surface area (Å²) in [4.78, 5) is 2.46. The highest BCUT2D eigenvalue weighted by atomic mass is 32.2. The van der Waals surface area contributed by atoms with Gasteiger partial charge in [-0.1, -0.05) is 11.8 Å². The summed E-state index contributed by atoms with van der Waals surface area (Å²) in [6, 6.07) is 4.19. The number of thioether (sulfide) groups is 1. The molecule has 15 heavy (non-hydrogen) atoms. The van der Waals surface area contributed by atoms with Crippen molar-refractivity contribution in [3.63, 3.8) is 0 Å². The van der Waals surface area contributed by atoms with E-state index in [9.17, 15) is 0 Å². The highest BCUT2D eigenvalue weighted by Gasteiger charge is 1.97. The van der Waals surface area contributed by atoms with E-state index >= 15 is 0 Å². The van der Waals surface area contributed by atoms with Crippen LogP contribution in [0, 0.1) is 11.8 Å². The molecule has 0 aromatic carbocycles. The monoisotopic (exact) mass is 241 g/mol. The van der Waals surface area contributed by atoms with Crippen LogP contribution in [0.15, 0.2) is 12.1 Å². The van der Waals surface area contributed by atoms with Crippen LogP contribution in [0.1, 0.15) is 9.75 Å². The van der Waals surface area contributed by atoms with Gasteiger partial charge in [0.2, 0.25) is 0 Å². The Labute approximate surface area is 99.2 Å². The number of ether oxygens (including phenoxy) is 1. The third-order valence-corrected chi connectivity index (χ3v) is 3.81. The molecule has 1 aromatic rings. The minimum atomic E-state index is 0.426. The second-order valence-corrected chi connectivity index (χ2v) is 5.09. The van der Waals surface area contributed by atoms with E-state index in [0.29, 0.717) is 6.54 Å². The number of thiophene rings is 1. The lowest BCUT2D eigenvalue weighted by molar-refractivity contribution is 0.218. The summed E-state index contributed by atoms with van der Waals surface area (Å²) in [5.74, 6) is 7.97. The van der Waals surface area contributed by atoms with Crippen molar-refractivity contribution < 1.29 is 4.74 Å². The van der Waals surface area contributed by atoms with E-state index in [2.05, 4.69) is 24.0 Å². The standard InChI is InChI=1S/C11H15NOS2/c1-13-7-8-14-9-11-5-4-10(15-11)3-2-6-12/h4-5H,6-9,12H2,1H3. The minimum absolute atomic E-state index is 0.426. The van der Waals surface area contributed by atoms with E-state index in [-0.39, 0.29) is 0 Å². The molecule has 0 unspecified atom stereocenters. The van der Waals surface area contributed by atoms with Crippen LogP contribution in [0.5, 0.6) is 0 Å². The molecule has 2 nitrogen and oxygen atoms in total. The third kappa shape index (κ3) is 5.24. The SMILES string of the molecule is COCCSCc1ccc(C#CCN)s1. The molecule has 0 amide bonds. The van der Waals surface area contributed by atoms with Gasteiger partial charge in [0.05, 0.1) is 18.0 Å². The minimum Gasteiger partial charge on any atom is -0.384 e. The Morgan fingerprint density at radius 1 is 1.53 bits per heavy atom. The van der Waals surface area contributed by atoms with E-state index in [0.717, 1.165) is 23.0 Å². The topological polar surface area (TPSA) is 35.2 Å². The molecule has 0 radical (unpaired) electrons. The molecule has 0 atom stereocenters. The highest BCUT2D eigenvalue weighted by molar-refractivity contribution is 7.98. The van der Waals surface area contributed by atoms with Crippen LogP contribution >= 0.6 is 23.1 Å². The van der Waals surface area contributed by atoms with Gasteiger partial charge in [-0.3, -0.25) is 0 Å². The Kier molecular flexibility index (Phi) is 6.53. The van der Waals surface area contributed by atoms with Crippen molar-refractivity contribution in [3.8, 4) is 11.8 Å². The fourth-order valence-electron chi connectivity index (χ4n) is 0.976. The van der Waals surface area contributed by atoms with Gasteiger partial charge in [-0.2, -0.15) is 11.8 Å². The van der Waals surface area contributed by atoms with Crippen molar-refractivity contribution in [2.45, 2.75) is 5.75 Å². The fourth-order valence-corrected chi connectivity index (χ4v) is 2.87. The van der Waals surface area contributed by atoms with E-state index in [4.69, 9.17) is 10.5 Å². The zero-order valence-electron chi connectivity index (χ0n) is 8.79. The van der Waals surface area contributed by atoms with Crippen molar-refractivity contribution in [2.24, 2.45) is 5.73 Å². The largest absolute Gasteiger partial charge is 0.384 e. The molecule has 0 aliphatic rings. The summed E-state index contributed by atoms with van der Waals surface area (Å²) >= 11 is 3.62. The smallest absolute Gasteiger partial charge is 0.0772 e. The van der Waals surface area contributed by atoms with Gasteiger partial charge in [0.1, 0.15) is 0 Å². The van der Waals surface area contributed by atoms with E-state index < -0.39 is 0 Å². The summed E-state index contributed by atoms with van der Waals surface area (Å²) in [6.07, 6.45) is 0. The van der Waals surface area contributed by atoms with Gasteiger partial charge >= 0.3 is 0 Å².